The van der Waals surface area contributed by atoms with E-state index < -0.39 is 0 Å². The van der Waals surface area contributed by atoms with E-state index in [0.29, 0.717) is 5.02 Å². The van der Waals surface area contributed by atoms with Crippen molar-refractivity contribution in [3.63, 3.8) is 0 Å². The number of ether oxygens (including phenoxy) is 1. The normalized spacial score (nSPS) is 12.3. The second-order valence-corrected chi connectivity index (χ2v) is 3.95. The maximum absolute atomic E-state index is 5.91. The number of hydrogen-bond acceptors (Lipinski definition) is 2. The summed E-state index contributed by atoms with van der Waals surface area (Å²) < 4.78 is 5.77. The molecule has 16 heavy (non-hydrogen) atoms. The van der Waals surface area contributed by atoms with Gasteiger partial charge in [0.25, 0.3) is 0 Å². The van der Waals surface area contributed by atoms with E-state index in [1.165, 1.54) is 0 Å². The number of aliphatic imine (C=N–C) groups is 1. The van der Waals surface area contributed by atoms with Crippen molar-refractivity contribution < 1.29 is 4.74 Å². The topological polar surface area (TPSA) is 21.6 Å². The Bertz CT molecular complexity index is 578. The highest BCUT2D eigenvalue weighted by Crippen LogP contribution is 2.37. The Morgan fingerprint density at radius 1 is 1.00 bits per heavy atom. The molecule has 3 heteroatoms. The molecule has 78 valence electrons. The molecule has 3 rings (SSSR count). The summed E-state index contributed by atoms with van der Waals surface area (Å²) in [6.07, 6.45) is 1.79. The molecule has 0 radical (unpaired) electrons. The van der Waals surface area contributed by atoms with Crippen LogP contribution in [0.5, 0.6) is 11.5 Å². The van der Waals surface area contributed by atoms with Crippen LogP contribution < -0.4 is 4.74 Å². The Hall–Kier alpha value is -1.80. The molecule has 0 amide bonds. The fourth-order valence-electron chi connectivity index (χ4n) is 1.62. The third-order valence-electron chi connectivity index (χ3n) is 2.40. The molecule has 0 atom stereocenters. The molecule has 0 saturated heterocycles. The van der Waals surface area contributed by atoms with E-state index in [9.17, 15) is 0 Å². The minimum atomic E-state index is 0.658. The van der Waals surface area contributed by atoms with Crippen molar-refractivity contribution in [3.05, 3.63) is 53.1 Å². The summed E-state index contributed by atoms with van der Waals surface area (Å²) in [5, 5.41) is 0.658. The highest BCUT2D eigenvalue weighted by atomic mass is 35.5. The smallest absolute Gasteiger partial charge is 0.153 e. The number of para-hydroxylation sites is 1. The lowest BCUT2D eigenvalue weighted by Gasteiger charge is -2.07. The van der Waals surface area contributed by atoms with Gasteiger partial charge in [-0.25, -0.2) is 0 Å². The molecule has 0 aromatic heterocycles. The first kappa shape index (κ1) is 9.43. The van der Waals surface area contributed by atoms with Gasteiger partial charge < -0.3 is 4.74 Å². The highest BCUT2D eigenvalue weighted by Gasteiger charge is 2.10. The third-order valence-corrected chi connectivity index (χ3v) is 2.64. The summed E-state index contributed by atoms with van der Waals surface area (Å²) in [5.74, 6) is 1.54. The molecule has 2 nitrogen and oxygen atoms in total. The van der Waals surface area contributed by atoms with E-state index >= 15 is 0 Å². The molecule has 1 heterocycles. The summed E-state index contributed by atoms with van der Waals surface area (Å²) in [5.41, 5.74) is 1.72. The van der Waals surface area contributed by atoms with Crippen molar-refractivity contribution in [2.24, 2.45) is 4.99 Å². The highest BCUT2D eigenvalue weighted by molar-refractivity contribution is 6.30. The van der Waals surface area contributed by atoms with Gasteiger partial charge in [-0.3, -0.25) is 4.99 Å². The minimum Gasteiger partial charge on any atom is -0.454 e. The van der Waals surface area contributed by atoms with E-state index in [0.717, 1.165) is 22.7 Å². The quantitative estimate of drug-likeness (QED) is 0.566. The standard InChI is InChI=1S/C13H8ClNO/c14-10-5-6-13-11(7-10)15-8-9-3-1-2-4-12(9)16-13/h1-8H. The molecule has 2 aromatic rings. The lowest BCUT2D eigenvalue weighted by Crippen LogP contribution is -1.86. The van der Waals surface area contributed by atoms with Crippen molar-refractivity contribution >= 4 is 23.5 Å². The van der Waals surface area contributed by atoms with Gasteiger partial charge in [0.1, 0.15) is 11.4 Å². The number of rotatable bonds is 0. The maximum Gasteiger partial charge on any atom is 0.153 e. The first-order valence-corrected chi connectivity index (χ1v) is 5.31. The largest absolute Gasteiger partial charge is 0.454 e. The molecule has 1 aliphatic rings. The van der Waals surface area contributed by atoms with Crippen molar-refractivity contribution in [2.45, 2.75) is 0 Å². The van der Waals surface area contributed by atoms with E-state index in [2.05, 4.69) is 4.99 Å². The molecule has 0 unspecified atom stereocenters. The molecule has 0 fully saturated rings. The fourth-order valence-corrected chi connectivity index (χ4v) is 1.78. The Morgan fingerprint density at radius 3 is 2.81 bits per heavy atom. The van der Waals surface area contributed by atoms with E-state index in [1.54, 1.807) is 18.3 Å². The lowest BCUT2D eigenvalue weighted by molar-refractivity contribution is 0.485. The molecule has 0 saturated carbocycles. The molecule has 0 spiro atoms. The average Bonchev–Trinajstić information content (AvgIpc) is 2.48. The van der Waals surface area contributed by atoms with Crippen LogP contribution in [-0.2, 0) is 0 Å². The predicted octanol–water partition coefficient (Wildman–Crippen LogP) is 4.20. The molecule has 0 bridgehead atoms. The van der Waals surface area contributed by atoms with Gasteiger partial charge in [0.15, 0.2) is 5.75 Å². The Labute approximate surface area is 98.2 Å². The van der Waals surface area contributed by atoms with Crippen molar-refractivity contribution in [1.29, 1.82) is 0 Å². The zero-order valence-corrected chi connectivity index (χ0v) is 9.11. The number of benzene rings is 2. The minimum absolute atomic E-state index is 0.658. The fraction of sp³-hybridized carbons (Fsp3) is 0. The van der Waals surface area contributed by atoms with Crippen LogP contribution in [0.2, 0.25) is 5.02 Å². The van der Waals surface area contributed by atoms with Crippen LogP contribution in [0.4, 0.5) is 5.69 Å². The van der Waals surface area contributed by atoms with Gasteiger partial charge >= 0.3 is 0 Å². The number of nitrogens with zero attached hydrogens (tertiary/aromatic N) is 1. The Morgan fingerprint density at radius 2 is 1.88 bits per heavy atom. The predicted molar refractivity (Wildman–Crippen MR) is 65.2 cm³/mol. The van der Waals surface area contributed by atoms with Crippen molar-refractivity contribution in [3.8, 4) is 11.5 Å². The maximum atomic E-state index is 5.91. The van der Waals surface area contributed by atoms with E-state index in [-0.39, 0.29) is 0 Å². The lowest BCUT2D eigenvalue weighted by atomic mass is 10.2. The van der Waals surface area contributed by atoms with Crippen molar-refractivity contribution in [1.82, 2.24) is 0 Å². The van der Waals surface area contributed by atoms with Gasteiger partial charge in [-0.15, -0.1) is 0 Å². The molecule has 0 aliphatic carbocycles. The van der Waals surface area contributed by atoms with Gasteiger partial charge in [0.2, 0.25) is 0 Å². The molecule has 0 N–H and O–H groups in total. The van der Waals surface area contributed by atoms with Gasteiger partial charge in [0, 0.05) is 16.8 Å². The second kappa shape index (κ2) is 3.65. The summed E-state index contributed by atoms with van der Waals surface area (Å²) in [7, 11) is 0. The summed E-state index contributed by atoms with van der Waals surface area (Å²) in [4.78, 5) is 4.35. The molecular formula is C13H8ClNO. The van der Waals surface area contributed by atoms with Crippen LogP contribution in [-0.4, -0.2) is 6.21 Å². The average molecular weight is 230 g/mol. The van der Waals surface area contributed by atoms with Crippen LogP contribution in [0.3, 0.4) is 0 Å². The van der Waals surface area contributed by atoms with E-state index in [4.69, 9.17) is 16.3 Å². The number of hydrogen-bond donors (Lipinski definition) is 0. The van der Waals surface area contributed by atoms with Gasteiger partial charge in [-0.2, -0.15) is 0 Å². The number of halogens is 1. The summed E-state index contributed by atoms with van der Waals surface area (Å²) in [6.45, 7) is 0. The zero-order valence-electron chi connectivity index (χ0n) is 8.35. The number of fused-ring (bicyclic) bond motifs is 2. The van der Waals surface area contributed by atoms with Crippen LogP contribution in [0.15, 0.2) is 47.5 Å². The Kier molecular flexibility index (Phi) is 2.15. The molecule has 2 aromatic carbocycles. The monoisotopic (exact) mass is 229 g/mol. The third kappa shape index (κ3) is 1.57. The van der Waals surface area contributed by atoms with Crippen molar-refractivity contribution in [2.75, 3.05) is 0 Å². The zero-order chi connectivity index (χ0) is 11.0. The SMILES string of the molecule is Clc1ccc2c(c1)N=Cc1ccccc1O2. The van der Waals surface area contributed by atoms with Crippen LogP contribution in [0, 0.1) is 0 Å². The summed E-state index contributed by atoms with van der Waals surface area (Å²) in [6, 6.07) is 13.2. The summed E-state index contributed by atoms with van der Waals surface area (Å²) >= 11 is 5.91. The van der Waals surface area contributed by atoms with Gasteiger partial charge in [0.05, 0.1) is 0 Å². The second-order valence-electron chi connectivity index (χ2n) is 3.51. The first-order valence-electron chi connectivity index (χ1n) is 4.93. The van der Waals surface area contributed by atoms with Crippen LogP contribution in [0.25, 0.3) is 0 Å². The van der Waals surface area contributed by atoms with Gasteiger partial charge in [-0.1, -0.05) is 23.7 Å². The molecular weight excluding hydrogens is 222 g/mol. The van der Waals surface area contributed by atoms with E-state index in [1.807, 2.05) is 30.3 Å². The van der Waals surface area contributed by atoms with Gasteiger partial charge in [-0.05, 0) is 30.3 Å². The Balaban J connectivity index is 2.17. The van der Waals surface area contributed by atoms with Crippen LogP contribution >= 0.6 is 11.6 Å². The van der Waals surface area contributed by atoms with Crippen LogP contribution in [0.1, 0.15) is 5.56 Å². The molecule has 1 aliphatic heterocycles. The first-order chi connectivity index (χ1) is 7.83.